The lowest BCUT2D eigenvalue weighted by Crippen LogP contribution is -2.13. The van der Waals surface area contributed by atoms with E-state index in [1.54, 1.807) is 0 Å². The molecule has 0 aliphatic rings. The Balaban J connectivity index is 1.63. The fourth-order valence-corrected chi connectivity index (χ4v) is 4.62. The molecule has 0 bridgehead atoms. The number of halogens is 1. The zero-order valence-corrected chi connectivity index (χ0v) is 14.8. The van der Waals surface area contributed by atoms with Crippen molar-refractivity contribution < 1.29 is 4.79 Å². The van der Waals surface area contributed by atoms with Crippen LogP contribution in [0.1, 0.15) is 5.01 Å². The van der Waals surface area contributed by atoms with Gasteiger partial charge >= 0.3 is 0 Å². The van der Waals surface area contributed by atoms with Gasteiger partial charge in [0.15, 0.2) is 9.47 Å². The number of benzene rings is 1. The first-order chi connectivity index (χ1) is 10.1. The van der Waals surface area contributed by atoms with Crippen molar-refractivity contribution in [1.29, 1.82) is 0 Å². The monoisotopic (exact) mass is 400 g/mol. The average molecular weight is 401 g/mol. The Morgan fingerprint density at radius 3 is 3.00 bits per heavy atom. The maximum absolute atomic E-state index is 11.9. The van der Waals surface area contributed by atoms with Crippen LogP contribution < -0.4 is 5.32 Å². The van der Waals surface area contributed by atoms with E-state index in [2.05, 4.69) is 36.4 Å². The van der Waals surface area contributed by atoms with E-state index in [-0.39, 0.29) is 5.91 Å². The number of hydrogen-bond donors (Lipinski definition) is 1. The highest BCUT2D eigenvalue weighted by atomic mass is 79.9. The van der Waals surface area contributed by atoms with Crippen LogP contribution >= 0.6 is 50.4 Å². The molecule has 0 aliphatic heterocycles. The van der Waals surface area contributed by atoms with Crippen molar-refractivity contribution in [3.05, 3.63) is 27.7 Å². The third-order valence-electron chi connectivity index (χ3n) is 2.43. The second kappa shape index (κ2) is 6.39. The summed E-state index contributed by atoms with van der Waals surface area (Å²) >= 11 is 7.74. The summed E-state index contributed by atoms with van der Waals surface area (Å²) in [7, 11) is 0. The Morgan fingerprint density at radius 2 is 2.24 bits per heavy atom. The van der Waals surface area contributed by atoms with Crippen molar-refractivity contribution in [2.75, 3.05) is 11.1 Å². The van der Waals surface area contributed by atoms with Crippen LogP contribution in [0.4, 0.5) is 5.13 Å². The number of aromatic nitrogens is 3. The molecule has 2 heterocycles. The Morgan fingerprint density at radius 1 is 1.38 bits per heavy atom. The lowest BCUT2D eigenvalue weighted by molar-refractivity contribution is -0.113. The van der Waals surface area contributed by atoms with Crippen molar-refractivity contribution in [2.24, 2.45) is 0 Å². The van der Waals surface area contributed by atoms with Crippen LogP contribution in [0, 0.1) is 6.92 Å². The van der Waals surface area contributed by atoms with Crippen molar-refractivity contribution in [2.45, 2.75) is 11.3 Å². The maximum atomic E-state index is 11.9. The second-order valence-corrected chi connectivity index (χ2v) is 8.41. The molecule has 1 aromatic carbocycles. The summed E-state index contributed by atoms with van der Waals surface area (Å²) in [4.78, 5) is 16.3. The van der Waals surface area contributed by atoms with Crippen LogP contribution in [0.2, 0.25) is 0 Å². The highest BCUT2D eigenvalue weighted by Gasteiger charge is 2.10. The number of thioether (sulfide) groups is 1. The van der Waals surface area contributed by atoms with Gasteiger partial charge in [0.25, 0.3) is 0 Å². The molecule has 3 aromatic rings. The summed E-state index contributed by atoms with van der Waals surface area (Å²) in [6.07, 6.45) is 0. The number of amides is 1. The molecule has 0 atom stereocenters. The number of rotatable bonds is 4. The van der Waals surface area contributed by atoms with Gasteiger partial charge in [-0.25, -0.2) is 4.98 Å². The Bertz CT molecular complexity index is 801. The largest absolute Gasteiger partial charge is 0.301 e. The molecule has 5 nitrogen and oxygen atoms in total. The minimum Gasteiger partial charge on any atom is -0.301 e. The molecular formula is C12H9BrN4OS3. The van der Waals surface area contributed by atoms with Gasteiger partial charge in [-0.2, -0.15) is 0 Å². The lowest BCUT2D eigenvalue weighted by Gasteiger charge is -1.98. The van der Waals surface area contributed by atoms with E-state index in [1.807, 2.05) is 25.1 Å². The molecule has 1 N–H and O–H groups in total. The molecule has 0 saturated carbocycles. The second-order valence-electron chi connectivity index (χ2n) is 4.05. The van der Waals surface area contributed by atoms with E-state index >= 15 is 0 Å². The van der Waals surface area contributed by atoms with Crippen LogP contribution in [-0.2, 0) is 4.79 Å². The van der Waals surface area contributed by atoms with Crippen LogP contribution in [0.25, 0.3) is 10.2 Å². The molecule has 3 rings (SSSR count). The summed E-state index contributed by atoms with van der Waals surface area (Å²) < 4.78 is 2.83. The molecule has 0 unspecified atom stereocenters. The van der Waals surface area contributed by atoms with E-state index in [0.717, 1.165) is 24.0 Å². The van der Waals surface area contributed by atoms with Crippen LogP contribution in [0.3, 0.4) is 0 Å². The summed E-state index contributed by atoms with van der Waals surface area (Å²) in [6.45, 7) is 1.89. The zero-order chi connectivity index (χ0) is 14.8. The topological polar surface area (TPSA) is 67.8 Å². The summed E-state index contributed by atoms with van der Waals surface area (Å²) in [5, 5.41) is 12.2. The average Bonchev–Trinajstić information content (AvgIpc) is 3.01. The van der Waals surface area contributed by atoms with Gasteiger partial charge in [0, 0.05) is 4.47 Å². The number of nitrogens with zero attached hydrogens (tertiary/aromatic N) is 3. The number of hydrogen-bond acceptors (Lipinski definition) is 7. The van der Waals surface area contributed by atoms with E-state index in [1.165, 1.54) is 34.4 Å². The van der Waals surface area contributed by atoms with Crippen molar-refractivity contribution in [1.82, 2.24) is 15.2 Å². The van der Waals surface area contributed by atoms with Crippen LogP contribution in [-0.4, -0.2) is 26.8 Å². The standard InChI is InChI=1S/C12H9BrN4OS3/c1-6-16-17-12(20-6)19-5-10(18)15-11-14-8-3-2-7(13)4-9(8)21-11/h2-4H,5H2,1H3,(H,14,15,18). The highest BCUT2D eigenvalue weighted by molar-refractivity contribution is 9.10. The fraction of sp³-hybridized carbons (Fsp3) is 0.167. The van der Waals surface area contributed by atoms with Gasteiger partial charge in [0.1, 0.15) is 5.01 Å². The van der Waals surface area contributed by atoms with Gasteiger partial charge in [-0.1, -0.05) is 50.4 Å². The smallest absolute Gasteiger partial charge is 0.236 e. The molecule has 108 valence electrons. The lowest BCUT2D eigenvalue weighted by atomic mass is 10.3. The number of aryl methyl sites for hydroxylation is 1. The zero-order valence-electron chi connectivity index (χ0n) is 10.8. The predicted octanol–water partition coefficient (Wildman–Crippen LogP) is 3.95. The van der Waals surface area contributed by atoms with Gasteiger partial charge in [0.05, 0.1) is 16.0 Å². The van der Waals surface area contributed by atoms with E-state index in [9.17, 15) is 4.79 Å². The van der Waals surface area contributed by atoms with E-state index in [4.69, 9.17) is 0 Å². The molecule has 0 fully saturated rings. The third kappa shape index (κ3) is 3.79. The number of anilines is 1. The molecule has 0 saturated heterocycles. The first-order valence-corrected chi connectivity index (χ1v) is 9.30. The predicted molar refractivity (Wildman–Crippen MR) is 91.3 cm³/mol. The number of nitrogens with one attached hydrogen (secondary N) is 1. The Labute approximate surface area is 141 Å². The maximum Gasteiger partial charge on any atom is 0.236 e. The molecule has 2 aromatic heterocycles. The van der Waals surface area contributed by atoms with Crippen molar-refractivity contribution in [3.8, 4) is 0 Å². The minimum atomic E-state index is -0.0917. The molecule has 9 heteroatoms. The number of fused-ring (bicyclic) bond motifs is 1. The number of carbonyl (C=O) groups excluding carboxylic acids is 1. The molecule has 1 amide bonds. The van der Waals surface area contributed by atoms with E-state index in [0.29, 0.717) is 10.9 Å². The highest BCUT2D eigenvalue weighted by Crippen LogP contribution is 2.29. The van der Waals surface area contributed by atoms with E-state index < -0.39 is 0 Å². The molecule has 0 radical (unpaired) electrons. The summed E-state index contributed by atoms with van der Waals surface area (Å²) in [5.41, 5.74) is 0.880. The molecular weight excluding hydrogens is 392 g/mol. The fourth-order valence-electron chi connectivity index (χ4n) is 1.57. The van der Waals surface area contributed by atoms with Crippen LogP contribution in [0.15, 0.2) is 27.0 Å². The van der Waals surface area contributed by atoms with Gasteiger partial charge in [-0.05, 0) is 25.1 Å². The molecule has 21 heavy (non-hydrogen) atoms. The van der Waals surface area contributed by atoms with Gasteiger partial charge in [-0.15, -0.1) is 10.2 Å². The van der Waals surface area contributed by atoms with Gasteiger partial charge < -0.3 is 5.32 Å². The number of carbonyl (C=O) groups is 1. The van der Waals surface area contributed by atoms with Crippen LogP contribution in [0.5, 0.6) is 0 Å². The molecule has 0 aliphatic carbocycles. The summed E-state index contributed by atoms with van der Waals surface area (Å²) in [5.74, 6) is 0.208. The Hall–Kier alpha value is -1.03. The van der Waals surface area contributed by atoms with Crippen molar-refractivity contribution in [3.63, 3.8) is 0 Å². The first-order valence-electron chi connectivity index (χ1n) is 5.89. The van der Waals surface area contributed by atoms with Gasteiger partial charge in [0.2, 0.25) is 5.91 Å². The molecule has 0 spiro atoms. The minimum absolute atomic E-state index is 0.0917. The SMILES string of the molecule is Cc1nnc(SCC(=O)Nc2nc3ccc(Br)cc3s2)s1. The quantitative estimate of drug-likeness (QED) is 0.671. The Kier molecular flexibility index (Phi) is 4.53. The summed E-state index contributed by atoms with van der Waals surface area (Å²) in [6, 6.07) is 5.84. The van der Waals surface area contributed by atoms with Gasteiger partial charge in [-0.3, -0.25) is 4.79 Å². The first kappa shape index (κ1) is 14.9. The number of thiazole rings is 1. The van der Waals surface area contributed by atoms with Crippen molar-refractivity contribution >= 4 is 71.6 Å². The normalized spacial score (nSPS) is 11.0. The third-order valence-corrected chi connectivity index (χ3v) is 5.83.